The molecule has 0 aliphatic carbocycles. The predicted octanol–water partition coefficient (Wildman–Crippen LogP) is 3.08. The molecule has 176 valence electrons. The molecule has 1 saturated heterocycles. The molecular formula is C24H24N4O4S2. The summed E-state index contributed by atoms with van der Waals surface area (Å²) in [5.41, 5.74) is 1.41. The van der Waals surface area contributed by atoms with Crippen LogP contribution in [0.25, 0.3) is 11.7 Å². The summed E-state index contributed by atoms with van der Waals surface area (Å²) in [4.78, 5) is 33.1. The van der Waals surface area contributed by atoms with Crippen LogP contribution in [0.2, 0.25) is 0 Å². The molecule has 1 aromatic carbocycles. The van der Waals surface area contributed by atoms with Gasteiger partial charge in [0.1, 0.15) is 15.8 Å². The topological polar surface area (TPSA) is 96.2 Å². The Morgan fingerprint density at radius 1 is 1.18 bits per heavy atom. The van der Waals surface area contributed by atoms with Gasteiger partial charge in [-0.15, -0.1) is 0 Å². The lowest BCUT2D eigenvalue weighted by Crippen LogP contribution is -2.31. The number of benzene rings is 1. The van der Waals surface area contributed by atoms with Crippen molar-refractivity contribution in [3.05, 3.63) is 81.1 Å². The average molecular weight is 497 g/mol. The largest absolute Gasteiger partial charge is 0.394 e. The van der Waals surface area contributed by atoms with Crippen molar-refractivity contribution in [2.45, 2.75) is 13.0 Å². The van der Waals surface area contributed by atoms with Gasteiger partial charge >= 0.3 is 0 Å². The fourth-order valence-electron chi connectivity index (χ4n) is 3.60. The van der Waals surface area contributed by atoms with Gasteiger partial charge in [-0.3, -0.25) is 18.9 Å². The standard InChI is InChI=1S/C24H24N4O4S2/c1-16(17-7-3-2-4-8-17)28-23(31)19(34-24(28)33)15-18-21(25-10-13-32-14-12-29)26-20-9-5-6-11-27(20)22(18)30/h2-9,11,15-16,25,29H,10,12-14H2,1H3/b19-15-/t16-/m1/s1. The normalized spacial score (nSPS) is 15.9. The van der Waals surface area contributed by atoms with E-state index in [1.165, 1.54) is 16.2 Å². The van der Waals surface area contributed by atoms with Crippen LogP contribution in [-0.4, -0.2) is 56.0 Å². The van der Waals surface area contributed by atoms with Crippen LogP contribution < -0.4 is 10.9 Å². The lowest BCUT2D eigenvalue weighted by molar-refractivity contribution is -0.123. The monoisotopic (exact) mass is 496 g/mol. The second kappa shape index (κ2) is 10.9. The highest BCUT2D eigenvalue weighted by atomic mass is 32.2. The maximum Gasteiger partial charge on any atom is 0.267 e. The molecule has 0 spiro atoms. The molecular weight excluding hydrogens is 472 g/mol. The molecule has 1 aliphatic heterocycles. The van der Waals surface area contributed by atoms with E-state index in [9.17, 15) is 9.59 Å². The summed E-state index contributed by atoms with van der Waals surface area (Å²) in [6.07, 6.45) is 3.20. The van der Waals surface area contributed by atoms with Crippen molar-refractivity contribution in [3.63, 3.8) is 0 Å². The number of carbonyl (C=O) groups excluding carboxylic acids is 1. The number of pyridine rings is 1. The first-order valence-corrected chi connectivity index (χ1v) is 12.0. The predicted molar refractivity (Wildman–Crippen MR) is 138 cm³/mol. The zero-order chi connectivity index (χ0) is 24.1. The maximum atomic E-state index is 13.3. The molecule has 4 rings (SSSR count). The van der Waals surface area contributed by atoms with Crippen LogP contribution in [0.1, 0.15) is 24.1 Å². The first-order chi connectivity index (χ1) is 16.5. The number of amides is 1. The van der Waals surface area contributed by atoms with Crippen molar-refractivity contribution in [2.24, 2.45) is 0 Å². The Labute approximate surface area is 206 Å². The van der Waals surface area contributed by atoms with E-state index < -0.39 is 0 Å². The number of nitrogens with zero attached hydrogens (tertiary/aromatic N) is 3. The molecule has 0 saturated carbocycles. The Kier molecular flexibility index (Phi) is 7.73. The van der Waals surface area contributed by atoms with Crippen molar-refractivity contribution in [1.29, 1.82) is 0 Å². The van der Waals surface area contributed by atoms with E-state index in [1.54, 1.807) is 35.4 Å². The van der Waals surface area contributed by atoms with Crippen molar-refractivity contribution < 1.29 is 14.6 Å². The van der Waals surface area contributed by atoms with Gasteiger partial charge in [0, 0.05) is 12.7 Å². The molecule has 0 radical (unpaired) electrons. The van der Waals surface area contributed by atoms with E-state index in [0.717, 1.165) is 5.56 Å². The smallest absolute Gasteiger partial charge is 0.267 e. The molecule has 0 unspecified atom stereocenters. The molecule has 10 heteroatoms. The van der Waals surface area contributed by atoms with E-state index in [2.05, 4.69) is 10.3 Å². The number of nitrogens with one attached hydrogen (secondary N) is 1. The molecule has 8 nitrogen and oxygen atoms in total. The highest BCUT2D eigenvalue weighted by Crippen LogP contribution is 2.38. The van der Waals surface area contributed by atoms with Gasteiger partial charge in [-0.1, -0.05) is 60.4 Å². The van der Waals surface area contributed by atoms with Gasteiger partial charge in [0.15, 0.2) is 0 Å². The first-order valence-electron chi connectivity index (χ1n) is 10.8. The molecule has 2 N–H and O–H groups in total. The number of aromatic nitrogens is 2. The Bertz CT molecular complexity index is 1290. The minimum absolute atomic E-state index is 0.0654. The van der Waals surface area contributed by atoms with Crippen molar-refractivity contribution in [3.8, 4) is 0 Å². The van der Waals surface area contributed by atoms with Gasteiger partial charge in [0.05, 0.1) is 36.3 Å². The van der Waals surface area contributed by atoms with E-state index in [1.807, 2.05) is 37.3 Å². The van der Waals surface area contributed by atoms with Crippen molar-refractivity contribution in [1.82, 2.24) is 14.3 Å². The van der Waals surface area contributed by atoms with E-state index >= 15 is 0 Å². The molecule has 2 aromatic heterocycles. The van der Waals surface area contributed by atoms with Crippen LogP contribution in [0.3, 0.4) is 0 Å². The van der Waals surface area contributed by atoms with Gasteiger partial charge in [0.25, 0.3) is 11.5 Å². The molecule has 1 aliphatic rings. The number of aliphatic hydroxyl groups is 1. The molecule has 1 atom stereocenters. The third-order valence-corrected chi connectivity index (χ3v) is 6.64. The van der Waals surface area contributed by atoms with Crippen LogP contribution >= 0.6 is 24.0 Å². The molecule has 34 heavy (non-hydrogen) atoms. The summed E-state index contributed by atoms with van der Waals surface area (Å²) in [5, 5.41) is 12.0. The van der Waals surface area contributed by atoms with Crippen LogP contribution in [0.5, 0.6) is 0 Å². The number of anilines is 1. The Hall–Kier alpha value is -3.05. The number of ether oxygens (including phenoxy) is 1. The van der Waals surface area contributed by atoms with Crippen LogP contribution in [0.15, 0.2) is 64.4 Å². The van der Waals surface area contributed by atoms with Gasteiger partial charge in [-0.05, 0) is 30.7 Å². The minimum atomic E-state index is -0.300. The number of hydrogen-bond donors (Lipinski definition) is 2. The maximum absolute atomic E-state index is 13.3. The van der Waals surface area contributed by atoms with Crippen LogP contribution in [0, 0.1) is 0 Å². The summed E-state index contributed by atoms with van der Waals surface area (Å²) < 4.78 is 7.16. The Balaban J connectivity index is 1.68. The van der Waals surface area contributed by atoms with Crippen LogP contribution in [0.4, 0.5) is 5.82 Å². The second-order valence-electron chi connectivity index (χ2n) is 7.51. The van der Waals surface area contributed by atoms with Gasteiger partial charge in [0.2, 0.25) is 0 Å². The number of fused-ring (bicyclic) bond motifs is 1. The number of aliphatic hydroxyl groups excluding tert-OH is 1. The number of rotatable bonds is 9. The molecule has 3 heterocycles. The summed E-state index contributed by atoms with van der Waals surface area (Å²) in [7, 11) is 0. The fraction of sp³-hybridized carbons (Fsp3) is 0.250. The Morgan fingerprint density at radius 3 is 2.71 bits per heavy atom. The Morgan fingerprint density at radius 2 is 1.94 bits per heavy atom. The molecule has 1 amide bonds. The van der Waals surface area contributed by atoms with Gasteiger partial charge < -0.3 is 15.2 Å². The SMILES string of the molecule is C[C@H](c1ccccc1)N1C(=O)/C(=C/c2c(NCCOCCO)nc3ccccn3c2=O)SC1=S. The third kappa shape index (κ3) is 5.05. The first kappa shape index (κ1) is 24.1. The van der Waals surface area contributed by atoms with Gasteiger partial charge in [-0.25, -0.2) is 4.98 Å². The lowest BCUT2D eigenvalue weighted by atomic mass is 10.1. The number of thiocarbonyl (C=S) groups is 1. The van der Waals surface area contributed by atoms with E-state index in [0.29, 0.717) is 33.8 Å². The third-order valence-electron chi connectivity index (χ3n) is 5.31. The van der Waals surface area contributed by atoms with Gasteiger partial charge in [-0.2, -0.15) is 0 Å². The summed E-state index contributed by atoms with van der Waals surface area (Å²) in [6.45, 7) is 2.79. The van der Waals surface area contributed by atoms with E-state index in [4.69, 9.17) is 22.1 Å². The lowest BCUT2D eigenvalue weighted by Gasteiger charge is -2.23. The van der Waals surface area contributed by atoms with Crippen molar-refractivity contribution >= 4 is 51.7 Å². The number of carbonyl (C=O) groups is 1. The quantitative estimate of drug-likeness (QED) is 0.265. The molecule has 3 aromatic rings. The zero-order valence-corrected chi connectivity index (χ0v) is 20.1. The van der Waals surface area contributed by atoms with Crippen molar-refractivity contribution in [2.75, 3.05) is 31.7 Å². The molecule has 1 fully saturated rings. The van der Waals surface area contributed by atoms with Crippen LogP contribution in [-0.2, 0) is 9.53 Å². The second-order valence-corrected chi connectivity index (χ2v) is 9.18. The summed E-state index contributed by atoms with van der Waals surface area (Å²) in [6, 6.07) is 14.7. The van der Waals surface area contributed by atoms with E-state index in [-0.39, 0.29) is 36.3 Å². The fourth-order valence-corrected chi connectivity index (χ4v) is 5.00. The molecule has 0 bridgehead atoms. The zero-order valence-electron chi connectivity index (χ0n) is 18.5. The summed E-state index contributed by atoms with van der Waals surface area (Å²) in [5.74, 6) is 0.103. The number of hydrogen-bond acceptors (Lipinski definition) is 8. The minimum Gasteiger partial charge on any atom is -0.394 e. The number of thioether (sulfide) groups is 1. The average Bonchev–Trinajstić information content (AvgIpc) is 3.13. The highest BCUT2D eigenvalue weighted by Gasteiger charge is 2.36. The summed E-state index contributed by atoms with van der Waals surface area (Å²) >= 11 is 6.69. The highest BCUT2D eigenvalue weighted by molar-refractivity contribution is 8.26.